The number of hydrogen-bond acceptors (Lipinski definition) is 6. The van der Waals surface area contributed by atoms with E-state index in [0.717, 1.165) is 5.56 Å². The van der Waals surface area contributed by atoms with Gasteiger partial charge in [-0.1, -0.05) is 18.2 Å². The fraction of sp³-hybridized carbons (Fsp3) is 0.188. The highest BCUT2D eigenvalue weighted by atomic mass is 16.3. The predicted octanol–water partition coefficient (Wildman–Crippen LogP) is 0.0288. The second kappa shape index (κ2) is 7.05. The largest absolute Gasteiger partial charge is 0.385 e. The molecule has 2 heterocycles. The number of pyridine rings is 1. The van der Waals surface area contributed by atoms with Gasteiger partial charge in [0, 0.05) is 29.4 Å². The monoisotopic (exact) mass is 340 g/mol. The minimum atomic E-state index is -0.999. The molecule has 3 rings (SSSR count). The van der Waals surface area contributed by atoms with Gasteiger partial charge in [-0.15, -0.1) is 10.2 Å². The lowest BCUT2D eigenvalue weighted by molar-refractivity contribution is 0.0914. The molecule has 3 aromatic rings. The summed E-state index contributed by atoms with van der Waals surface area (Å²) in [7, 11) is 1.67. The quantitative estimate of drug-likeness (QED) is 0.601. The fourth-order valence-electron chi connectivity index (χ4n) is 2.23. The molecule has 0 aliphatic carbocycles. The van der Waals surface area contributed by atoms with Crippen LogP contribution >= 0.6 is 0 Å². The molecule has 0 aliphatic heterocycles. The molecular formula is C16H16N6O3. The third-order valence-electron chi connectivity index (χ3n) is 3.52. The molecule has 0 saturated heterocycles. The summed E-state index contributed by atoms with van der Waals surface area (Å²) in [5.41, 5.74) is 1.21. The van der Waals surface area contributed by atoms with E-state index in [2.05, 4.69) is 25.7 Å². The van der Waals surface area contributed by atoms with E-state index in [0.29, 0.717) is 17.1 Å². The summed E-state index contributed by atoms with van der Waals surface area (Å²) >= 11 is 0. The van der Waals surface area contributed by atoms with E-state index in [1.54, 1.807) is 43.4 Å². The van der Waals surface area contributed by atoms with Gasteiger partial charge in [0.1, 0.15) is 6.10 Å². The van der Waals surface area contributed by atoms with Crippen LogP contribution < -0.4 is 10.9 Å². The zero-order chi connectivity index (χ0) is 17.8. The highest BCUT2D eigenvalue weighted by Crippen LogP contribution is 2.14. The molecule has 0 saturated carbocycles. The van der Waals surface area contributed by atoms with Crippen molar-refractivity contribution in [3.05, 3.63) is 64.1 Å². The molecule has 0 fully saturated rings. The summed E-state index contributed by atoms with van der Waals surface area (Å²) in [6.07, 6.45) is -0.999. The van der Waals surface area contributed by atoms with E-state index in [4.69, 9.17) is 0 Å². The van der Waals surface area contributed by atoms with Gasteiger partial charge in [0.15, 0.2) is 0 Å². The van der Waals surface area contributed by atoms with E-state index < -0.39 is 6.10 Å². The molecule has 1 unspecified atom stereocenters. The number of carbonyl (C=O) groups is 1. The van der Waals surface area contributed by atoms with Crippen molar-refractivity contribution in [1.82, 2.24) is 30.5 Å². The number of aryl methyl sites for hydroxylation is 1. The van der Waals surface area contributed by atoms with Gasteiger partial charge in [-0.3, -0.25) is 9.59 Å². The lowest BCUT2D eigenvalue weighted by Gasteiger charge is -2.12. The van der Waals surface area contributed by atoms with Crippen LogP contribution in [0.5, 0.6) is 0 Å². The SMILES string of the molecule is Cn1nnc(-c2ccc(C(=O)NCC(O)c3cccc(=O)[nH]3)cc2)n1. The van der Waals surface area contributed by atoms with E-state index in [1.807, 2.05) is 0 Å². The molecule has 0 bridgehead atoms. The maximum Gasteiger partial charge on any atom is 0.251 e. The van der Waals surface area contributed by atoms with Crippen LogP contribution in [0.25, 0.3) is 11.4 Å². The van der Waals surface area contributed by atoms with Crippen LogP contribution in [0, 0.1) is 0 Å². The Morgan fingerprint density at radius 2 is 2.04 bits per heavy atom. The highest BCUT2D eigenvalue weighted by molar-refractivity contribution is 5.94. The number of benzene rings is 1. The standard InChI is InChI=1S/C16H16N6O3/c1-22-20-15(19-21-22)10-5-7-11(8-6-10)16(25)17-9-13(23)12-3-2-4-14(24)18-12/h2-8,13,23H,9H2,1H3,(H,17,25)(H,18,24). The fourth-order valence-corrected chi connectivity index (χ4v) is 2.23. The second-order valence-corrected chi connectivity index (χ2v) is 5.38. The minimum Gasteiger partial charge on any atom is -0.385 e. The molecule has 3 N–H and O–H groups in total. The van der Waals surface area contributed by atoms with Crippen LogP contribution in [-0.2, 0) is 7.05 Å². The number of rotatable bonds is 5. The first-order valence-electron chi connectivity index (χ1n) is 7.53. The molecule has 0 aliphatic rings. The van der Waals surface area contributed by atoms with Crippen molar-refractivity contribution in [2.45, 2.75) is 6.10 Å². The van der Waals surface area contributed by atoms with Gasteiger partial charge in [0.25, 0.3) is 5.91 Å². The Morgan fingerprint density at radius 3 is 2.68 bits per heavy atom. The molecule has 0 radical (unpaired) electrons. The molecule has 1 amide bonds. The Hall–Kier alpha value is -3.33. The van der Waals surface area contributed by atoms with Crippen molar-refractivity contribution in [2.24, 2.45) is 7.05 Å². The third-order valence-corrected chi connectivity index (χ3v) is 3.52. The first kappa shape index (κ1) is 16.5. The number of aliphatic hydroxyl groups is 1. The second-order valence-electron chi connectivity index (χ2n) is 5.38. The van der Waals surface area contributed by atoms with Crippen LogP contribution in [0.3, 0.4) is 0 Å². The first-order valence-corrected chi connectivity index (χ1v) is 7.53. The maximum absolute atomic E-state index is 12.2. The predicted molar refractivity (Wildman–Crippen MR) is 88.6 cm³/mol. The van der Waals surface area contributed by atoms with Gasteiger partial charge < -0.3 is 15.4 Å². The maximum atomic E-state index is 12.2. The lowest BCUT2D eigenvalue weighted by Crippen LogP contribution is -2.29. The zero-order valence-electron chi connectivity index (χ0n) is 13.4. The average Bonchev–Trinajstić information content (AvgIpc) is 3.06. The Bertz CT molecular complexity index is 931. The number of aliphatic hydroxyl groups excluding tert-OH is 1. The van der Waals surface area contributed by atoms with Gasteiger partial charge in [-0.2, -0.15) is 4.80 Å². The van der Waals surface area contributed by atoms with E-state index in [1.165, 1.54) is 10.9 Å². The Kier molecular flexibility index (Phi) is 4.66. The summed E-state index contributed by atoms with van der Waals surface area (Å²) in [6.45, 7) is -0.0216. The molecule has 9 heteroatoms. The average molecular weight is 340 g/mol. The lowest BCUT2D eigenvalue weighted by atomic mass is 10.1. The van der Waals surface area contributed by atoms with Crippen molar-refractivity contribution < 1.29 is 9.90 Å². The number of nitrogens with one attached hydrogen (secondary N) is 2. The van der Waals surface area contributed by atoms with Crippen LogP contribution in [0.1, 0.15) is 22.2 Å². The van der Waals surface area contributed by atoms with Crippen LogP contribution in [0.2, 0.25) is 0 Å². The number of aromatic amines is 1. The first-order chi connectivity index (χ1) is 12.0. The smallest absolute Gasteiger partial charge is 0.251 e. The van der Waals surface area contributed by atoms with E-state index in [9.17, 15) is 14.7 Å². The molecule has 25 heavy (non-hydrogen) atoms. The number of aromatic nitrogens is 5. The number of H-pyrrole nitrogens is 1. The number of carbonyl (C=O) groups excluding carboxylic acids is 1. The molecule has 128 valence electrons. The van der Waals surface area contributed by atoms with Crippen molar-refractivity contribution in [3.8, 4) is 11.4 Å². The molecule has 9 nitrogen and oxygen atoms in total. The number of hydrogen-bond donors (Lipinski definition) is 3. The number of nitrogens with zero attached hydrogens (tertiary/aromatic N) is 4. The summed E-state index contributed by atoms with van der Waals surface area (Å²) in [5.74, 6) is 0.133. The number of amides is 1. The molecule has 2 aromatic heterocycles. The van der Waals surface area contributed by atoms with Crippen molar-refractivity contribution in [1.29, 1.82) is 0 Å². The van der Waals surface area contributed by atoms with Gasteiger partial charge >= 0.3 is 0 Å². The molecule has 0 spiro atoms. The summed E-state index contributed by atoms with van der Waals surface area (Å²) < 4.78 is 0. The summed E-state index contributed by atoms with van der Waals surface area (Å²) in [4.78, 5) is 27.3. The number of tetrazole rings is 1. The Balaban J connectivity index is 1.62. The van der Waals surface area contributed by atoms with Gasteiger partial charge in [0.05, 0.1) is 7.05 Å². The van der Waals surface area contributed by atoms with Gasteiger partial charge in [-0.05, 0) is 23.4 Å². The third kappa shape index (κ3) is 3.96. The van der Waals surface area contributed by atoms with Gasteiger partial charge in [-0.25, -0.2) is 0 Å². The van der Waals surface area contributed by atoms with Crippen LogP contribution in [-0.4, -0.2) is 42.7 Å². The topological polar surface area (TPSA) is 126 Å². The Morgan fingerprint density at radius 1 is 1.28 bits per heavy atom. The van der Waals surface area contributed by atoms with E-state index in [-0.39, 0.29) is 18.0 Å². The van der Waals surface area contributed by atoms with E-state index >= 15 is 0 Å². The zero-order valence-corrected chi connectivity index (χ0v) is 13.4. The van der Waals surface area contributed by atoms with Crippen molar-refractivity contribution in [3.63, 3.8) is 0 Å². The molecule has 1 atom stereocenters. The van der Waals surface area contributed by atoms with Crippen molar-refractivity contribution >= 4 is 5.91 Å². The molecular weight excluding hydrogens is 324 g/mol. The van der Waals surface area contributed by atoms with Crippen molar-refractivity contribution in [2.75, 3.05) is 6.54 Å². The van der Waals surface area contributed by atoms with Gasteiger partial charge in [0.2, 0.25) is 11.4 Å². The molecule has 1 aromatic carbocycles. The van der Waals surface area contributed by atoms with Crippen LogP contribution in [0.15, 0.2) is 47.3 Å². The normalized spacial score (nSPS) is 11.9. The van der Waals surface area contributed by atoms with Crippen LogP contribution in [0.4, 0.5) is 0 Å². The summed E-state index contributed by atoms with van der Waals surface area (Å²) in [5, 5.41) is 24.4. The summed E-state index contributed by atoms with van der Waals surface area (Å²) in [6, 6.07) is 11.2. The Labute approximate surface area is 142 Å². The highest BCUT2D eigenvalue weighted by Gasteiger charge is 2.12. The minimum absolute atomic E-state index is 0.0216.